The third-order valence-corrected chi connectivity index (χ3v) is 4.52. The summed E-state index contributed by atoms with van der Waals surface area (Å²) in [7, 11) is 0. The topological polar surface area (TPSA) is 63.3 Å². The number of hydrogen-bond donors (Lipinski definition) is 2. The summed E-state index contributed by atoms with van der Waals surface area (Å²) >= 11 is 0. The maximum absolute atomic E-state index is 11.4. The van der Waals surface area contributed by atoms with E-state index in [1.165, 1.54) is 5.56 Å². The van der Waals surface area contributed by atoms with Gasteiger partial charge in [-0.15, -0.1) is 0 Å². The second kappa shape index (κ2) is 4.97. The summed E-state index contributed by atoms with van der Waals surface area (Å²) in [5.74, 6) is -0.768. The highest BCUT2D eigenvalue weighted by atomic mass is 16.4. The third-order valence-electron chi connectivity index (χ3n) is 4.52. The van der Waals surface area contributed by atoms with E-state index in [1.807, 2.05) is 26.0 Å². The molecule has 3 heteroatoms. The fourth-order valence-electron chi connectivity index (χ4n) is 3.42. The van der Waals surface area contributed by atoms with Gasteiger partial charge < -0.3 is 10.8 Å². The number of aryl methyl sites for hydroxylation is 1. The molecular weight excluding hydrogens is 238 g/mol. The normalized spacial score (nSPS) is 23.5. The second-order valence-corrected chi connectivity index (χ2v) is 6.24. The van der Waals surface area contributed by atoms with Gasteiger partial charge >= 0.3 is 5.97 Å². The Labute approximate surface area is 114 Å². The standard InChI is InChI=1S/C16H23NO2/c1-15(2,17)16(11-14(18)19)10-6-5-8-12-7-3-4-9-13(12)16/h3-4,7,9H,5-6,8,10-11,17H2,1-2H3,(H,18,19). The molecule has 1 aromatic rings. The number of carboxylic acid groups (broad SMARTS) is 1. The Hall–Kier alpha value is -1.35. The average Bonchev–Trinajstić information content (AvgIpc) is 2.49. The van der Waals surface area contributed by atoms with Crippen LogP contribution in [0.15, 0.2) is 24.3 Å². The molecule has 3 N–H and O–H groups in total. The Morgan fingerprint density at radius 1 is 1.37 bits per heavy atom. The van der Waals surface area contributed by atoms with Gasteiger partial charge in [0.05, 0.1) is 6.42 Å². The minimum absolute atomic E-state index is 0.105. The lowest BCUT2D eigenvalue weighted by Gasteiger charge is -2.44. The third kappa shape index (κ3) is 2.52. The van der Waals surface area contributed by atoms with E-state index in [4.69, 9.17) is 5.73 Å². The summed E-state index contributed by atoms with van der Waals surface area (Å²) in [6.07, 6.45) is 4.11. The van der Waals surface area contributed by atoms with Gasteiger partial charge in [-0.3, -0.25) is 4.79 Å². The quantitative estimate of drug-likeness (QED) is 0.822. The first-order valence-corrected chi connectivity index (χ1v) is 6.96. The fraction of sp³-hybridized carbons (Fsp3) is 0.562. The van der Waals surface area contributed by atoms with Gasteiger partial charge in [-0.2, -0.15) is 0 Å². The first-order valence-electron chi connectivity index (χ1n) is 6.96. The maximum atomic E-state index is 11.4. The van der Waals surface area contributed by atoms with Gasteiger partial charge in [0, 0.05) is 11.0 Å². The van der Waals surface area contributed by atoms with Crippen LogP contribution in [0.2, 0.25) is 0 Å². The van der Waals surface area contributed by atoms with Crippen LogP contribution in [0.25, 0.3) is 0 Å². The number of carbonyl (C=O) groups is 1. The Morgan fingerprint density at radius 3 is 2.68 bits per heavy atom. The van der Waals surface area contributed by atoms with Crippen LogP contribution in [-0.4, -0.2) is 16.6 Å². The lowest BCUT2D eigenvalue weighted by molar-refractivity contribution is -0.139. The molecule has 0 heterocycles. The number of carboxylic acids is 1. The van der Waals surface area contributed by atoms with Crippen molar-refractivity contribution in [1.82, 2.24) is 0 Å². The van der Waals surface area contributed by atoms with E-state index in [1.54, 1.807) is 0 Å². The molecule has 1 unspecified atom stereocenters. The van der Waals surface area contributed by atoms with Gasteiger partial charge in [-0.05, 0) is 44.2 Å². The molecule has 104 valence electrons. The minimum Gasteiger partial charge on any atom is -0.481 e. The lowest BCUT2D eigenvalue weighted by atomic mass is 9.62. The van der Waals surface area contributed by atoms with Crippen LogP contribution in [-0.2, 0) is 16.6 Å². The molecule has 1 aliphatic rings. The van der Waals surface area contributed by atoms with Crippen molar-refractivity contribution in [2.45, 2.75) is 56.9 Å². The summed E-state index contributed by atoms with van der Waals surface area (Å²) < 4.78 is 0. The molecule has 2 rings (SSSR count). The predicted molar refractivity (Wildman–Crippen MR) is 76.2 cm³/mol. The molecule has 0 amide bonds. The van der Waals surface area contributed by atoms with Gasteiger partial charge in [-0.25, -0.2) is 0 Å². The van der Waals surface area contributed by atoms with Crippen LogP contribution >= 0.6 is 0 Å². The van der Waals surface area contributed by atoms with Crippen LogP contribution in [0.1, 0.15) is 50.7 Å². The number of hydrogen-bond acceptors (Lipinski definition) is 2. The fourth-order valence-corrected chi connectivity index (χ4v) is 3.42. The number of fused-ring (bicyclic) bond motifs is 1. The molecule has 1 atom stereocenters. The SMILES string of the molecule is CC(C)(N)C1(CC(=O)O)CCCCc2ccccc21. The Balaban J connectivity index is 2.62. The molecule has 19 heavy (non-hydrogen) atoms. The van der Waals surface area contributed by atoms with Crippen LogP contribution in [0.4, 0.5) is 0 Å². The van der Waals surface area contributed by atoms with E-state index in [0.717, 1.165) is 31.2 Å². The zero-order valence-corrected chi connectivity index (χ0v) is 11.8. The molecule has 0 saturated carbocycles. The average molecular weight is 261 g/mol. The van der Waals surface area contributed by atoms with Crippen molar-refractivity contribution in [3.8, 4) is 0 Å². The van der Waals surface area contributed by atoms with Gasteiger partial charge in [0.2, 0.25) is 0 Å². The summed E-state index contributed by atoms with van der Waals surface area (Å²) in [5.41, 5.74) is 7.80. The van der Waals surface area contributed by atoms with Crippen molar-refractivity contribution in [3.63, 3.8) is 0 Å². The monoisotopic (exact) mass is 261 g/mol. The minimum atomic E-state index is -0.768. The largest absolute Gasteiger partial charge is 0.481 e. The van der Waals surface area contributed by atoms with Crippen molar-refractivity contribution >= 4 is 5.97 Å². The summed E-state index contributed by atoms with van der Waals surface area (Å²) in [6, 6.07) is 8.20. The van der Waals surface area contributed by atoms with E-state index in [2.05, 4.69) is 12.1 Å². The predicted octanol–water partition coefficient (Wildman–Crippen LogP) is 2.86. The van der Waals surface area contributed by atoms with Crippen molar-refractivity contribution in [2.75, 3.05) is 0 Å². The van der Waals surface area contributed by atoms with E-state index in [9.17, 15) is 9.90 Å². The molecule has 0 bridgehead atoms. The number of rotatable bonds is 3. The zero-order valence-electron chi connectivity index (χ0n) is 11.8. The first kappa shape index (κ1) is 14.1. The Kier molecular flexibility index (Phi) is 3.68. The zero-order chi connectivity index (χ0) is 14.1. The molecule has 0 fully saturated rings. The summed E-state index contributed by atoms with van der Waals surface area (Å²) in [5, 5.41) is 9.36. The molecule has 0 aromatic heterocycles. The number of aliphatic carboxylic acids is 1. The molecular formula is C16H23NO2. The van der Waals surface area contributed by atoms with Crippen LogP contribution in [0.3, 0.4) is 0 Å². The smallest absolute Gasteiger partial charge is 0.304 e. The van der Waals surface area contributed by atoms with Crippen molar-refractivity contribution in [3.05, 3.63) is 35.4 Å². The highest BCUT2D eigenvalue weighted by Crippen LogP contribution is 2.45. The highest BCUT2D eigenvalue weighted by molar-refractivity contribution is 5.70. The van der Waals surface area contributed by atoms with Crippen LogP contribution < -0.4 is 5.73 Å². The van der Waals surface area contributed by atoms with Gasteiger partial charge in [0.25, 0.3) is 0 Å². The van der Waals surface area contributed by atoms with Gasteiger partial charge in [0.1, 0.15) is 0 Å². The van der Waals surface area contributed by atoms with Crippen LogP contribution in [0, 0.1) is 0 Å². The van der Waals surface area contributed by atoms with E-state index >= 15 is 0 Å². The highest BCUT2D eigenvalue weighted by Gasteiger charge is 2.46. The van der Waals surface area contributed by atoms with Crippen molar-refractivity contribution in [1.29, 1.82) is 0 Å². The number of nitrogens with two attached hydrogens (primary N) is 1. The lowest BCUT2D eigenvalue weighted by Crippen LogP contribution is -2.55. The molecule has 0 spiro atoms. The molecule has 0 saturated heterocycles. The molecule has 0 aliphatic heterocycles. The van der Waals surface area contributed by atoms with Crippen molar-refractivity contribution < 1.29 is 9.90 Å². The summed E-state index contributed by atoms with van der Waals surface area (Å²) in [4.78, 5) is 11.4. The van der Waals surface area contributed by atoms with Gasteiger partial charge in [-0.1, -0.05) is 30.7 Å². The van der Waals surface area contributed by atoms with Gasteiger partial charge in [0.15, 0.2) is 0 Å². The van der Waals surface area contributed by atoms with Crippen LogP contribution in [0.5, 0.6) is 0 Å². The van der Waals surface area contributed by atoms with Crippen molar-refractivity contribution in [2.24, 2.45) is 5.73 Å². The maximum Gasteiger partial charge on any atom is 0.304 e. The number of benzene rings is 1. The molecule has 0 radical (unpaired) electrons. The molecule has 3 nitrogen and oxygen atoms in total. The summed E-state index contributed by atoms with van der Waals surface area (Å²) in [6.45, 7) is 3.91. The van der Waals surface area contributed by atoms with E-state index < -0.39 is 16.9 Å². The first-order chi connectivity index (χ1) is 8.87. The van der Waals surface area contributed by atoms with E-state index in [-0.39, 0.29) is 6.42 Å². The molecule has 1 aliphatic carbocycles. The Morgan fingerprint density at radius 2 is 2.05 bits per heavy atom. The van der Waals surface area contributed by atoms with E-state index in [0.29, 0.717) is 0 Å². The Bertz CT molecular complexity index is 476. The second-order valence-electron chi connectivity index (χ2n) is 6.24. The molecule has 1 aromatic carbocycles.